The zero-order valence-corrected chi connectivity index (χ0v) is 15.7. The van der Waals surface area contributed by atoms with E-state index in [0.717, 1.165) is 23.2 Å². The lowest BCUT2D eigenvalue weighted by molar-refractivity contribution is -0.121. The first-order valence-corrected chi connectivity index (χ1v) is 8.62. The Morgan fingerprint density at radius 2 is 1.70 bits per heavy atom. The van der Waals surface area contributed by atoms with E-state index in [-0.39, 0.29) is 18.4 Å². The maximum absolute atomic E-state index is 12.0. The van der Waals surface area contributed by atoms with Crippen molar-refractivity contribution in [2.75, 3.05) is 26.1 Å². The lowest BCUT2D eigenvalue weighted by Crippen LogP contribution is -2.31. The zero-order valence-electron chi connectivity index (χ0n) is 15.7. The van der Waals surface area contributed by atoms with Crippen LogP contribution < -0.4 is 20.1 Å². The zero-order chi connectivity index (χ0) is 19.6. The summed E-state index contributed by atoms with van der Waals surface area (Å²) in [6.07, 6.45) is 3.81. The number of nitrogens with one attached hydrogen (secondary N) is 2. The molecule has 2 rings (SSSR count). The summed E-state index contributed by atoms with van der Waals surface area (Å²) < 4.78 is 10.4. The van der Waals surface area contributed by atoms with Gasteiger partial charge in [0.25, 0.3) is 0 Å². The summed E-state index contributed by atoms with van der Waals surface area (Å²) in [5.41, 5.74) is 2.56. The van der Waals surface area contributed by atoms with Gasteiger partial charge < -0.3 is 20.1 Å². The first kappa shape index (κ1) is 20.0. The second kappa shape index (κ2) is 10.0. The normalized spacial score (nSPS) is 10.5. The van der Waals surface area contributed by atoms with Crippen molar-refractivity contribution >= 4 is 23.6 Å². The number of ether oxygens (including phenoxy) is 2. The molecular formula is C21H24N2O4. The monoisotopic (exact) mass is 368 g/mol. The maximum atomic E-state index is 12.0. The van der Waals surface area contributed by atoms with Gasteiger partial charge in [0.1, 0.15) is 11.5 Å². The smallest absolute Gasteiger partial charge is 0.244 e. The third-order valence-corrected chi connectivity index (χ3v) is 3.90. The van der Waals surface area contributed by atoms with E-state index in [1.165, 1.54) is 6.08 Å². The highest BCUT2D eigenvalue weighted by Crippen LogP contribution is 2.23. The van der Waals surface area contributed by atoms with E-state index >= 15 is 0 Å². The molecule has 27 heavy (non-hydrogen) atoms. The van der Waals surface area contributed by atoms with Gasteiger partial charge in [0.2, 0.25) is 11.8 Å². The molecule has 0 unspecified atom stereocenters. The molecule has 2 amide bonds. The minimum atomic E-state index is -0.365. The quantitative estimate of drug-likeness (QED) is 0.702. The summed E-state index contributed by atoms with van der Waals surface area (Å²) in [6, 6.07) is 12.9. The number of aryl methyl sites for hydroxylation is 1. The van der Waals surface area contributed by atoms with Crippen LogP contribution in [0.15, 0.2) is 48.5 Å². The molecule has 0 saturated carbocycles. The van der Waals surface area contributed by atoms with Crippen LogP contribution in [0.25, 0.3) is 6.08 Å². The van der Waals surface area contributed by atoms with Gasteiger partial charge in [0.05, 0.1) is 20.8 Å². The molecule has 0 aliphatic carbocycles. The average Bonchev–Trinajstić information content (AvgIpc) is 2.70. The Bertz CT molecular complexity index is 808. The van der Waals surface area contributed by atoms with Gasteiger partial charge in [0.15, 0.2) is 0 Å². The Labute approximate surface area is 159 Å². The molecule has 0 spiro atoms. The summed E-state index contributed by atoms with van der Waals surface area (Å²) >= 11 is 0. The van der Waals surface area contributed by atoms with Crippen molar-refractivity contribution in [3.8, 4) is 11.5 Å². The Kier molecular flexibility index (Phi) is 7.43. The predicted octanol–water partition coefficient (Wildman–Crippen LogP) is 3.03. The van der Waals surface area contributed by atoms with Gasteiger partial charge >= 0.3 is 0 Å². The van der Waals surface area contributed by atoms with E-state index in [1.807, 2.05) is 31.2 Å². The van der Waals surface area contributed by atoms with Gasteiger partial charge in [-0.15, -0.1) is 0 Å². The van der Waals surface area contributed by atoms with Crippen LogP contribution in [0.5, 0.6) is 11.5 Å². The number of hydrogen-bond acceptors (Lipinski definition) is 4. The van der Waals surface area contributed by atoms with Crippen LogP contribution in [-0.4, -0.2) is 32.6 Å². The minimum Gasteiger partial charge on any atom is -0.497 e. The number of carbonyl (C=O) groups is 2. The van der Waals surface area contributed by atoms with Crippen LogP contribution in [0.4, 0.5) is 5.69 Å². The molecule has 0 aromatic heterocycles. The molecule has 2 N–H and O–H groups in total. The topological polar surface area (TPSA) is 76.7 Å². The second-order valence-electron chi connectivity index (χ2n) is 5.76. The van der Waals surface area contributed by atoms with Crippen molar-refractivity contribution in [2.45, 2.75) is 13.3 Å². The summed E-state index contributed by atoms with van der Waals surface area (Å²) in [6.45, 7) is 1.91. The van der Waals surface area contributed by atoms with E-state index in [2.05, 4.69) is 10.6 Å². The highest BCUT2D eigenvalue weighted by molar-refractivity contribution is 5.98. The van der Waals surface area contributed by atoms with Crippen LogP contribution in [0.3, 0.4) is 0 Å². The van der Waals surface area contributed by atoms with Crippen LogP contribution >= 0.6 is 0 Å². The standard InChI is InChI=1S/C21H24N2O4/c1-4-16-7-5-6-8-19(16)23-21(25)14-22-20(24)10-9-15-11-17(26-2)13-18(12-15)27-3/h5-13H,4,14H2,1-3H3,(H,22,24)(H,23,25)/b10-9+. The highest BCUT2D eigenvalue weighted by atomic mass is 16.5. The first-order valence-electron chi connectivity index (χ1n) is 8.62. The number of anilines is 1. The Hall–Kier alpha value is -3.28. The largest absolute Gasteiger partial charge is 0.497 e. The van der Waals surface area contributed by atoms with E-state index in [0.29, 0.717) is 11.5 Å². The lowest BCUT2D eigenvalue weighted by Gasteiger charge is -2.09. The molecule has 0 bridgehead atoms. The van der Waals surface area contributed by atoms with E-state index in [1.54, 1.807) is 38.5 Å². The summed E-state index contributed by atoms with van der Waals surface area (Å²) in [4.78, 5) is 24.0. The van der Waals surface area contributed by atoms with Crippen molar-refractivity contribution in [3.63, 3.8) is 0 Å². The summed E-state index contributed by atoms with van der Waals surface area (Å²) in [5, 5.41) is 5.38. The number of benzene rings is 2. The van der Waals surface area contributed by atoms with E-state index in [9.17, 15) is 9.59 Å². The third-order valence-electron chi connectivity index (χ3n) is 3.90. The SMILES string of the molecule is CCc1ccccc1NC(=O)CNC(=O)/C=C/c1cc(OC)cc(OC)c1. The fourth-order valence-electron chi connectivity index (χ4n) is 2.47. The van der Waals surface area contributed by atoms with E-state index in [4.69, 9.17) is 9.47 Å². The van der Waals surface area contributed by atoms with Crippen molar-refractivity contribution in [2.24, 2.45) is 0 Å². The molecule has 142 valence electrons. The molecule has 0 radical (unpaired) electrons. The first-order chi connectivity index (χ1) is 13.0. The van der Waals surface area contributed by atoms with Gasteiger partial charge in [0, 0.05) is 17.8 Å². The van der Waals surface area contributed by atoms with Gasteiger partial charge in [-0.05, 0) is 41.8 Å². The molecule has 0 aliphatic heterocycles. The Morgan fingerprint density at radius 1 is 1.04 bits per heavy atom. The van der Waals surface area contributed by atoms with Gasteiger partial charge in [-0.3, -0.25) is 9.59 Å². The van der Waals surface area contributed by atoms with E-state index < -0.39 is 0 Å². The van der Waals surface area contributed by atoms with Gasteiger partial charge in [-0.25, -0.2) is 0 Å². The number of para-hydroxylation sites is 1. The fraction of sp³-hybridized carbons (Fsp3) is 0.238. The summed E-state index contributed by atoms with van der Waals surface area (Å²) in [5.74, 6) is 0.614. The van der Waals surface area contributed by atoms with Crippen molar-refractivity contribution in [1.82, 2.24) is 5.32 Å². The van der Waals surface area contributed by atoms with Crippen LogP contribution in [0.2, 0.25) is 0 Å². The third kappa shape index (κ3) is 6.18. The number of carbonyl (C=O) groups excluding carboxylic acids is 2. The molecule has 0 atom stereocenters. The van der Waals surface area contributed by atoms with Crippen molar-refractivity contribution < 1.29 is 19.1 Å². The molecule has 2 aromatic carbocycles. The number of amides is 2. The Balaban J connectivity index is 1.90. The van der Waals surface area contributed by atoms with Crippen LogP contribution in [0, 0.1) is 0 Å². The van der Waals surface area contributed by atoms with Crippen molar-refractivity contribution in [1.29, 1.82) is 0 Å². The Morgan fingerprint density at radius 3 is 2.33 bits per heavy atom. The van der Waals surface area contributed by atoms with Crippen LogP contribution in [-0.2, 0) is 16.0 Å². The molecule has 2 aromatic rings. The number of hydrogen-bond donors (Lipinski definition) is 2. The summed E-state index contributed by atoms with van der Waals surface area (Å²) in [7, 11) is 3.12. The molecule has 0 saturated heterocycles. The molecule has 6 heteroatoms. The predicted molar refractivity (Wildman–Crippen MR) is 106 cm³/mol. The number of methoxy groups -OCH3 is 2. The minimum absolute atomic E-state index is 0.108. The molecule has 0 aliphatic rings. The van der Waals surface area contributed by atoms with Gasteiger partial charge in [-0.2, -0.15) is 0 Å². The molecular weight excluding hydrogens is 344 g/mol. The maximum Gasteiger partial charge on any atom is 0.244 e. The lowest BCUT2D eigenvalue weighted by atomic mass is 10.1. The highest BCUT2D eigenvalue weighted by Gasteiger charge is 2.07. The van der Waals surface area contributed by atoms with Gasteiger partial charge in [-0.1, -0.05) is 25.1 Å². The van der Waals surface area contributed by atoms with Crippen LogP contribution in [0.1, 0.15) is 18.1 Å². The number of rotatable bonds is 8. The molecule has 0 heterocycles. The average molecular weight is 368 g/mol. The molecule has 6 nitrogen and oxygen atoms in total. The van der Waals surface area contributed by atoms with Crippen molar-refractivity contribution in [3.05, 3.63) is 59.7 Å². The fourth-order valence-corrected chi connectivity index (χ4v) is 2.47. The molecule has 0 fully saturated rings. The second-order valence-corrected chi connectivity index (χ2v) is 5.76.